The fraction of sp³-hybridized carbons (Fsp3) is 0.643. The summed E-state index contributed by atoms with van der Waals surface area (Å²) in [6, 6.07) is 0. The van der Waals surface area contributed by atoms with E-state index in [1.54, 1.807) is 0 Å². The minimum absolute atomic E-state index is 0.0546. The zero-order valence-electron chi connectivity index (χ0n) is 13.9. The van der Waals surface area contributed by atoms with Crippen molar-refractivity contribution in [2.75, 3.05) is 12.1 Å². The van der Waals surface area contributed by atoms with Crippen molar-refractivity contribution in [1.82, 2.24) is 19.5 Å². The lowest BCUT2D eigenvalue weighted by Crippen LogP contribution is -2.33. The van der Waals surface area contributed by atoms with Gasteiger partial charge in [0.2, 0.25) is 5.28 Å². The van der Waals surface area contributed by atoms with Gasteiger partial charge in [-0.15, -0.1) is 0 Å². The lowest BCUT2D eigenvalue weighted by molar-refractivity contribution is -0.0511. The lowest BCUT2D eigenvalue weighted by Gasteiger charge is -2.20. The molecule has 0 spiro atoms. The molecule has 0 amide bonds. The van der Waals surface area contributed by atoms with Crippen LogP contribution in [-0.2, 0) is 9.57 Å². The van der Waals surface area contributed by atoms with Gasteiger partial charge in [-0.05, 0) is 32.4 Å². The number of aliphatic hydroxyl groups excluding tert-OH is 3. The van der Waals surface area contributed by atoms with Crippen molar-refractivity contribution in [3.63, 3.8) is 0 Å². The standard InChI is InChI=1S/C14H20ClN5O5/c1-14(2,3)25-19-10-7-11(18-13(15)17-10)20(5-16-7)12-9(23)8(22)6(4-21)24-12/h5-6,8-9,12,21-23H,4H2,1-3H3,(H,17,18,19)/t6-,8-,9-,12-/m1/s1. The number of rotatable bonds is 4. The van der Waals surface area contributed by atoms with Gasteiger partial charge in [-0.25, -0.2) is 10.5 Å². The predicted molar refractivity (Wildman–Crippen MR) is 87.8 cm³/mol. The molecule has 138 valence electrons. The van der Waals surface area contributed by atoms with Crippen molar-refractivity contribution >= 4 is 28.6 Å². The number of anilines is 1. The van der Waals surface area contributed by atoms with Gasteiger partial charge in [0.25, 0.3) is 0 Å². The molecule has 0 unspecified atom stereocenters. The van der Waals surface area contributed by atoms with E-state index >= 15 is 0 Å². The van der Waals surface area contributed by atoms with Gasteiger partial charge in [-0.3, -0.25) is 9.40 Å². The van der Waals surface area contributed by atoms with E-state index in [-0.39, 0.29) is 16.7 Å². The molecule has 4 N–H and O–H groups in total. The van der Waals surface area contributed by atoms with Gasteiger partial charge >= 0.3 is 0 Å². The number of nitrogens with one attached hydrogen (secondary N) is 1. The molecule has 1 saturated heterocycles. The number of hydrogen-bond donors (Lipinski definition) is 4. The molecule has 4 atom stereocenters. The van der Waals surface area contributed by atoms with Crippen LogP contribution >= 0.6 is 11.6 Å². The average molecular weight is 374 g/mol. The second-order valence-electron chi connectivity index (χ2n) is 6.71. The Labute approximate surface area is 148 Å². The van der Waals surface area contributed by atoms with Crippen LogP contribution < -0.4 is 5.48 Å². The third-order valence-electron chi connectivity index (χ3n) is 3.64. The molecule has 0 aromatic carbocycles. The molecular weight excluding hydrogens is 354 g/mol. The molecule has 0 radical (unpaired) electrons. The van der Waals surface area contributed by atoms with E-state index in [9.17, 15) is 15.3 Å². The highest BCUT2D eigenvalue weighted by Gasteiger charge is 2.44. The van der Waals surface area contributed by atoms with Crippen LogP contribution in [0.3, 0.4) is 0 Å². The second kappa shape index (κ2) is 6.63. The Balaban J connectivity index is 1.98. The summed E-state index contributed by atoms with van der Waals surface area (Å²) < 4.78 is 6.92. The Hall–Kier alpha value is -1.56. The van der Waals surface area contributed by atoms with Gasteiger partial charge in [-0.2, -0.15) is 9.97 Å². The number of fused-ring (bicyclic) bond motifs is 1. The third kappa shape index (κ3) is 3.54. The predicted octanol–water partition coefficient (Wildman–Crippen LogP) is 0.233. The molecular formula is C14H20ClN5O5. The summed E-state index contributed by atoms with van der Waals surface area (Å²) in [6.07, 6.45) is -2.98. The van der Waals surface area contributed by atoms with Crippen molar-refractivity contribution in [3.05, 3.63) is 11.6 Å². The lowest BCUT2D eigenvalue weighted by atomic mass is 10.1. The normalized spacial score (nSPS) is 27.2. The quantitative estimate of drug-likeness (QED) is 0.438. The highest BCUT2D eigenvalue weighted by molar-refractivity contribution is 6.28. The summed E-state index contributed by atoms with van der Waals surface area (Å²) in [5.74, 6) is 0.260. The molecule has 11 heteroatoms. The largest absolute Gasteiger partial charge is 0.394 e. The molecule has 3 heterocycles. The molecule has 0 aliphatic carbocycles. The summed E-state index contributed by atoms with van der Waals surface area (Å²) >= 11 is 5.98. The summed E-state index contributed by atoms with van der Waals surface area (Å²) in [7, 11) is 0. The van der Waals surface area contributed by atoms with E-state index in [2.05, 4.69) is 20.4 Å². The Morgan fingerprint density at radius 3 is 2.64 bits per heavy atom. The maximum atomic E-state index is 10.2. The van der Waals surface area contributed by atoms with Crippen molar-refractivity contribution in [2.45, 2.75) is 50.9 Å². The van der Waals surface area contributed by atoms with E-state index in [0.717, 1.165) is 0 Å². The molecule has 1 fully saturated rings. The fourth-order valence-corrected chi connectivity index (χ4v) is 2.62. The van der Waals surface area contributed by atoms with E-state index in [4.69, 9.17) is 21.2 Å². The number of aliphatic hydroxyl groups is 3. The minimum Gasteiger partial charge on any atom is -0.394 e. The Morgan fingerprint density at radius 2 is 2.04 bits per heavy atom. The number of ether oxygens (including phenoxy) is 1. The van der Waals surface area contributed by atoms with Crippen molar-refractivity contribution < 1.29 is 24.9 Å². The maximum absolute atomic E-state index is 10.2. The molecule has 0 saturated carbocycles. The number of nitrogens with zero attached hydrogens (tertiary/aromatic N) is 4. The van der Waals surface area contributed by atoms with Crippen LogP contribution in [-0.4, -0.2) is 65.4 Å². The maximum Gasteiger partial charge on any atom is 0.226 e. The number of imidazole rings is 1. The number of halogens is 1. The molecule has 2 aromatic heterocycles. The van der Waals surface area contributed by atoms with Gasteiger partial charge in [0.1, 0.15) is 18.3 Å². The molecule has 1 aliphatic heterocycles. The molecule has 2 aromatic rings. The van der Waals surface area contributed by atoms with E-state index in [1.807, 2.05) is 20.8 Å². The smallest absolute Gasteiger partial charge is 0.226 e. The highest BCUT2D eigenvalue weighted by Crippen LogP contribution is 2.32. The third-order valence-corrected chi connectivity index (χ3v) is 3.81. The van der Waals surface area contributed by atoms with Crippen LogP contribution in [0.1, 0.15) is 27.0 Å². The zero-order valence-corrected chi connectivity index (χ0v) is 14.7. The van der Waals surface area contributed by atoms with Gasteiger partial charge in [0, 0.05) is 0 Å². The van der Waals surface area contributed by atoms with Gasteiger partial charge < -0.3 is 20.1 Å². The molecule has 25 heavy (non-hydrogen) atoms. The van der Waals surface area contributed by atoms with Gasteiger partial charge in [0.15, 0.2) is 23.2 Å². The summed E-state index contributed by atoms with van der Waals surface area (Å²) in [4.78, 5) is 17.9. The molecule has 1 aliphatic rings. The first-order chi connectivity index (χ1) is 11.7. The zero-order chi connectivity index (χ0) is 18.4. The second-order valence-corrected chi connectivity index (χ2v) is 7.05. The number of hydrogen-bond acceptors (Lipinski definition) is 9. The average Bonchev–Trinajstić information content (AvgIpc) is 3.06. The van der Waals surface area contributed by atoms with Gasteiger partial charge in [0.05, 0.1) is 18.5 Å². The van der Waals surface area contributed by atoms with E-state index in [0.29, 0.717) is 5.52 Å². The van der Waals surface area contributed by atoms with Crippen LogP contribution in [0.2, 0.25) is 5.28 Å². The Morgan fingerprint density at radius 1 is 1.32 bits per heavy atom. The monoisotopic (exact) mass is 373 g/mol. The first kappa shape index (κ1) is 18.2. The summed E-state index contributed by atoms with van der Waals surface area (Å²) in [6.45, 7) is 5.15. The van der Waals surface area contributed by atoms with Crippen molar-refractivity contribution in [3.8, 4) is 0 Å². The first-order valence-corrected chi connectivity index (χ1v) is 8.05. The Kier molecular flexibility index (Phi) is 4.84. The summed E-state index contributed by atoms with van der Waals surface area (Å²) in [5.41, 5.74) is 2.87. The van der Waals surface area contributed by atoms with Crippen LogP contribution in [0.5, 0.6) is 0 Å². The van der Waals surface area contributed by atoms with E-state index in [1.165, 1.54) is 10.9 Å². The van der Waals surface area contributed by atoms with Gasteiger partial charge in [-0.1, -0.05) is 0 Å². The van der Waals surface area contributed by atoms with Crippen molar-refractivity contribution in [1.29, 1.82) is 0 Å². The molecule has 10 nitrogen and oxygen atoms in total. The topological polar surface area (TPSA) is 135 Å². The van der Waals surface area contributed by atoms with Crippen LogP contribution in [0, 0.1) is 0 Å². The Bertz CT molecular complexity index is 764. The van der Waals surface area contributed by atoms with E-state index < -0.39 is 36.7 Å². The SMILES string of the molecule is CC(C)(C)ONc1nc(Cl)nc2c1ncn2[C@@H]1O[C@H](CO)[C@@H](O)[C@H]1O. The fourth-order valence-electron chi connectivity index (χ4n) is 2.46. The van der Waals surface area contributed by atoms with Crippen molar-refractivity contribution in [2.24, 2.45) is 0 Å². The highest BCUT2D eigenvalue weighted by atomic mass is 35.5. The van der Waals surface area contributed by atoms with Crippen LogP contribution in [0.15, 0.2) is 6.33 Å². The number of aromatic nitrogens is 4. The molecule has 3 rings (SSSR count). The molecule has 0 bridgehead atoms. The first-order valence-electron chi connectivity index (χ1n) is 7.68. The van der Waals surface area contributed by atoms with Crippen LogP contribution in [0.4, 0.5) is 5.82 Å². The summed E-state index contributed by atoms with van der Waals surface area (Å²) in [5, 5.41) is 29.3. The minimum atomic E-state index is -1.26. The van der Waals surface area contributed by atoms with Crippen LogP contribution in [0.25, 0.3) is 11.2 Å².